The summed E-state index contributed by atoms with van der Waals surface area (Å²) >= 11 is 3.31. The molecule has 142 valence electrons. The Balaban J connectivity index is 2.58. The Morgan fingerprint density at radius 2 is 2.00 bits per heavy atom. The Bertz CT molecular complexity index is 617. The van der Waals surface area contributed by atoms with Crippen molar-refractivity contribution in [2.24, 2.45) is 0 Å². The van der Waals surface area contributed by atoms with Crippen LogP contribution in [0.15, 0.2) is 16.6 Å². The molecule has 0 unspecified atom stereocenters. The van der Waals surface area contributed by atoms with Crippen molar-refractivity contribution in [3.63, 3.8) is 0 Å². The minimum Gasteiger partial charge on any atom is -0.414 e. The van der Waals surface area contributed by atoms with Gasteiger partial charge in [0.15, 0.2) is 8.32 Å². The van der Waals surface area contributed by atoms with E-state index in [1.54, 1.807) is 19.1 Å². The smallest absolute Gasteiger partial charge is 0.296 e. The lowest BCUT2D eigenvalue weighted by molar-refractivity contribution is -0.384. The Hall–Kier alpha value is -0.963. The lowest BCUT2D eigenvalue weighted by atomic mass is 10.1. The van der Waals surface area contributed by atoms with Crippen molar-refractivity contribution in [2.75, 3.05) is 18.5 Å². The zero-order valence-corrected chi connectivity index (χ0v) is 18.4. The van der Waals surface area contributed by atoms with Crippen molar-refractivity contribution in [1.82, 2.24) is 0 Å². The third-order valence-corrected chi connectivity index (χ3v) is 10.1. The van der Waals surface area contributed by atoms with Crippen LogP contribution < -0.4 is 5.32 Å². The van der Waals surface area contributed by atoms with Crippen LogP contribution in [0.1, 0.15) is 32.8 Å². The van der Waals surface area contributed by atoms with E-state index in [9.17, 15) is 15.2 Å². The van der Waals surface area contributed by atoms with E-state index >= 15 is 0 Å². The average Bonchev–Trinajstić information content (AvgIpc) is 2.47. The van der Waals surface area contributed by atoms with Gasteiger partial charge in [-0.1, -0.05) is 36.7 Å². The summed E-state index contributed by atoms with van der Waals surface area (Å²) in [7, 11) is -1.88. The highest BCUT2D eigenvalue weighted by Crippen LogP contribution is 2.36. The van der Waals surface area contributed by atoms with Gasteiger partial charge in [0, 0.05) is 16.6 Å². The predicted molar refractivity (Wildman–Crippen MR) is 108 cm³/mol. The topological polar surface area (TPSA) is 84.6 Å². The number of aliphatic hydroxyl groups is 1. The van der Waals surface area contributed by atoms with E-state index in [-0.39, 0.29) is 15.6 Å². The van der Waals surface area contributed by atoms with Gasteiger partial charge in [0.2, 0.25) is 0 Å². The van der Waals surface area contributed by atoms with Crippen LogP contribution in [-0.4, -0.2) is 37.6 Å². The summed E-state index contributed by atoms with van der Waals surface area (Å²) in [6.45, 7) is 13.2. The fourth-order valence-electron chi connectivity index (χ4n) is 2.03. The molecule has 0 bridgehead atoms. The predicted octanol–water partition coefficient (Wildman–Crippen LogP) is 4.85. The van der Waals surface area contributed by atoms with Crippen LogP contribution in [0.25, 0.3) is 0 Å². The molecular formula is C17H29BrN2O4Si. The van der Waals surface area contributed by atoms with Crippen LogP contribution in [-0.2, 0) is 4.43 Å². The van der Waals surface area contributed by atoms with Crippen molar-refractivity contribution in [2.45, 2.75) is 58.4 Å². The molecule has 0 fully saturated rings. The van der Waals surface area contributed by atoms with Crippen LogP contribution in [0.5, 0.6) is 0 Å². The standard InChI is InChI=1S/C17H29BrN2O4Si/c1-12-14(18)7-8-15(16(12)20(22)23)19-10-9-13(21)11-24-25(5,6)17(2,3)4/h7-8,13,19,21H,9-11H2,1-6H3/t13-/m1/s1. The number of nitro groups is 1. The number of nitro benzene ring substituents is 1. The van der Waals surface area contributed by atoms with Gasteiger partial charge >= 0.3 is 0 Å². The number of aliphatic hydroxyl groups excluding tert-OH is 1. The lowest BCUT2D eigenvalue weighted by Gasteiger charge is -2.36. The van der Waals surface area contributed by atoms with E-state index in [4.69, 9.17) is 4.43 Å². The number of halogens is 1. The summed E-state index contributed by atoms with van der Waals surface area (Å²) in [5, 5.41) is 24.6. The summed E-state index contributed by atoms with van der Waals surface area (Å²) < 4.78 is 6.70. The van der Waals surface area contributed by atoms with Gasteiger partial charge < -0.3 is 14.8 Å². The number of hydrogen-bond acceptors (Lipinski definition) is 5. The van der Waals surface area contributed by atoms with Crippen LogP contribution in [0.4, 0.5) is 11.4 Å². The molecule has 2 N–H and O–H groups in total. The highest BCUT2D eigenvalue weighted by Gasteiger charge is 2.37. The summed E-state index contributed by atoms with van der Waals surface area (Å²) in [5.74, 6) is 0. The van der Waals surface area contributed by atoms with Gasteiger partial charge in [0.1, 0.15) is 5.69 Å². The van der Waals surface area contributed by atoms with E-state index in [0.29, 0.717) is 35.3 Å². The third kappa shape index (κ3) is 6.05. The van der Waals surface area contributed by atoms with E-state index in [1.165, 1.54) is 0 Å². The maximum atomic E-state index is 11.3. The fraction of sp³-hybridized carbons (Fsp3) is 0.647. The zero-order chi connectivity index (χ0) is 19.4. The van der Waals surface area contributed by atoms with Crippen molar-refractivity contribution >= 4 is 35.6 Å². The van der Waals surface area contributed by atoms with Gasteiger partial charge in [-0.25, -0.2) is 0 Å². The first-order chi connectivity index (χ1) is 11.4. The Labute approximate surface area is 159 Å². The number of nitrogens with zero attached hydrogens (tertiary/aromatic N) is 1. The zero-order valence-electron chi connectivity index (χ0n) is 15.9. The fourth-order valence-corrected chi connectivity index (χ4v) is 3.39. The van der Waals surface area contributed by atoms with E-state index in [1.807, 2.05) is 0 Å². The number of hydrogen-bond donors (Lipinski definition) is 2. The maximum Gasteiger partial charge on any atom is 0.296 e. The molecule has 0 amide bonds. The molecule has 6 nitrogen and oxygen atoms in total. The van der Waals surface area contributed by atoms with Crippen molar-refractivity contribution in [3.05, 3.63) is 32.3 Å². The highest BCUT2D eigenvalue weighted by molar-refractivity contribution is 9.10. The van der Waals surface area contributed by atoms with Crippen LogP contribution in [0.3, 0.4) is 0 Å². The minimum absolute atomic E-state index is 0.0568. The monoisotopic (exact) mass is 432 g/mol. The van der Waals surface area contributed by atoms with Gasteiger partial charge in [-0.05, 0) is 43.6 Å². The Morgan fingerprint density at radius 1 is 1.40 bits per heavy atom. The second-order valence-electron chi connectivity index (χ2n) is 7.77. The molecule has 0 saturated carbocycles. The van der Waals surface area contributed by atoms with E-state index in [0.717, 1.165) is 0 Å². The molecule has 0 aliphatic heterocycles. The number of rotatable bonds is 8. The first-order valence-electron chi connectivity index (χ1n) is 8.36. The first-order valence-corrected chi connectivity index (χ1v) is 12.1. The highest BCUT2D eigenvalue weighted by atomic mass is 79.9. The largest absolute Gasteiger partial charge is 0.414 e. The summed E-state index contributed by atoms with van der Waals surface area (Å²) in [6.07, 6.45) is -0.141. The molecule has 0 aliphatic rings. The molecule has 0 aliphatic carbocycles. The van der Waals surface area contributed by atoms with E-state index < -0.39 is 14.4 Å². The summed E-state index contributed by atoms with van der Waals surface area (Å²) in [4.78, 5) is 10.9. The molecule has 1 aromatic rings. The molecule has 0 spiro atoms. The lowest BCUT2D eigenvalue weighted by Crippen LogP contribution is -2.42. The molecule has 0 radical (unpaired) electrons. The molecule has 1 aromatic carbocycles. The molecule has 1 rings (SSSR count). The quantitative estimate of drug-likeness (QED) is 0.348. The molecule has 25 heavy (non-hydrogen) atoms. The normalized spacial score (nSPS) is 13.6. The minimum atomic E-state index is -1.88. The van der Waals surface area contributed by atoms with Gasteiger partial charge in [-0.3, -0.25) is 10.1 Å². The second kappa shape index (κ2) is 8.61. The van der Waals surface area contributed by atoms with Gasteiger partial charge in [-0.2, -0.15) is 0 Å². The van der Waals surface area contributed by atoms with Gasteiger partial charge in [0.25, 0.3) is 5.69 Å². The molecule has 0 saturated heterocycles. The van der Waals surface area contributed by atoms with E-state index in [2.05, 4.69) is 55.1 Å². The van der Waals surface area contributed by atoms with Crippen molar-refractivity contribution in [3.8, 4) is 0 Å². The Morgan fingerprint density at radius 3 is 2.52 bits per heavy atom. The number of benzene rings is 1. The molecule has 1 atom stereocenters. The molecule has 0 aromatic heterocycles. The number of anilines is 1. The third-order valence-electron chi connectivity index (χ3n) is 4.78. The van der Waals surface area contributed by atoms with Crippen molar-refractivity contribution in [1.29, 1.82) is 0 Å². The SMILES string of the molecule is Cc1c(Br)ccc(NCC[C@@H](O)CO[Si](C)(C)C(C)(C)C)c1[N+](=O)[O-]. The van der Waals surface area contributed by atoms with Crippen LogP contribution >= 0.6 is 15.9 Å². The number of nitrogens with one attached hydrogen (secondary N) is 1. The van der Waals surface area contributed by atoms with Crippen LogP contribution in [0, 0.1) is 17.0 Å². The van der Waals surface area contributed by atoms with Gasteiger partial charge in [-0.15, -0.1) is 0 Å². The first kappa shape index (κ1) is 22.1. The maximum absolute atomic E-state index is 11.3. The second-order valence-corrected chi connectivity index (χ2v) is 13.4. The van der Waals surface area contributed by atoms with Crippen LogP contribution in [0.2, 0.25) is 18.1 Å². The average molecular weight is 433 g/mol. The van der Waals surface area contributed by atoms with Crippen molar-refractivity contribution < 1.29 is 14.5 Å². The summed E-state index contributed by atoms with van der Waals surface area (Å²) in [5.41, 5.74) is 1.10. The van der Waals surface area contributed by atoms with Gasteiger partial charge in [0.05, 0.1) is 17.6 Å². The molecular weight excluding hydrogens is 404 g/mol. The Kier molecular flexibility index (Phi) is 7.61. The summed E-state index contributed by atoms with van der Waals surface area (Å²) in [6, 6.07) is 3.45. The molecule has 8 heteroatoms. The molecule has 0 heterocycles.